The topological polar surface area (TPSA) is 19.0 Å². The maximum atomic E-state index is 5.49. The molecule has 1 fully saturated rings. The van der Waals surface area contributed by atoms with Gasteiger partial charge in [-0.1, -0.05) is 49.4 Å². The molecule has 4 nitrogen and oxygen atoms in total. The van der Waals surface area contributed by atoms with Crippen LogP contribution in [-0.4, -0.2) is 68.8 Å². The molecule has 0 radical (unpaired) electrons. The Bertz CT molecular complexity index is 1080. The highest BCUT2D eigenvalue weighted by Crippen LogP contribution is 2.29. The van der Waals surface area contributed by atoms with Crippen LogP contribution in [0.2, 0.25) is 0 Å². The molecule has 180 valence electrons. The van der Waals surface area contributed by atoms with Gasteiger partial charge < -0.3 is 9.64 Å². The number of nitrogens with zero attached hydrogens (tertiary/aromatic N) is 3. The summed E-state index contributed by atoms with van der Waals surface area (Å²) in [6.07, 6.45) is 4.83. The van der Waals surface area contributed by atoms with Crippen LogP contribution in [-0.2, 0) is 12.8 Å². The van der Waals surface area contributed by atoms with Crippen LogP contribution < -0.4 is 9.64 Å². The summed E-state index contributed by atoms with van der Waals surface area (Å²) in [4.78, 5) is 8.01. The summed E-state index contributed by atoms with van der Waals surface area (Å²) in [5, 5.41) is 2.71. The number of aryl methyl sites for hydroxylation is 1. The number of fused-ring (bicyclic) bond motifs is 2. The molecule has 1 saturated heterocycles. The first-order valence-corrected chi connectivity index (χ1v) is 13.1. The summed E-state index contributed by atoms with van der Waals surface area (Å²) in [5.74, 6) is 0.991. The van der Waals surface area contributed by atoms with Gasteiger partial charge in [-0.3, -0.25) is 9.80 Å². The maximum absolute atomic E-state index is 5.49. The Hall–Kier alpha value is -2.56. The van der Waals surface area contributed by atoms with E-state index in [0.717, 1.165) is 38.3 Å². The van der Waals surface area contributed by atoms with Crippen molar-refractivity contribution in [1.29, 1.82) is 0 Å². The van der Waals surface area contributed by atoms with Crippen LogP contribution in [0.3, 0.4) is 0 Å². The van der Waals surface area contributed by atoms with E-state index in [1.54, 1.807) is 7.11 Å². The number of ether oxygens (including phenoxy) is 1. The molecule has 34 heavy (non-hydrogen) atoms. The second kappa shape index (κ2) is 10.8. The van der Waals surface area contributed by atoms with Crippen molar-refractivity contribution in [1.82, 2.24) is 9.80 Å². The second-order valence-corrected chi connectivity index (χ2v) is 9.89. The third kappa shape index (κ3) is 5.08. The van der Waals surface area contributed by atoms with E-state index in [0.29, 0.717) is 6.04 Å². The summed E-state index contributed by atoms with van der Waals surface area (Å²) in [6.45, 7) is 10.4. The van der Waals surface area contributed by atoms with Gasteiger partial charge in [-0.05, 0) is 66.9 Å². The van der Waals surface area contributed by atoms with Gasteiger partial charge in [0.25, 0.3) is 0 Å². The standard InChI is InChI=1S/C30H39N3O/c1-3-15-32(27-13-11-24-12-14-28(34-2)23-26(24)22-27)19-16-31-17-20-33(21-18-31)30-10-6-8-25-7-4-5-9-29(25)30/h4-10,12,14,23,27H,3,11,13,15-22H2,1-2H3. The minimum absolute atomic E-state index is 0.650. The molecule has 0 bridgehead atoms. The van der Waals surface area contributed by atoms with Gasteiger partial charge in [0.15, 0.2) is 0 Å². The number of rotatable bonds is 8. The minimum atomic E-state index is 0.650. The summed E-state index contributed by atoms with van der Waals surface area (Å²) in [5.41, 5.74) is 4.39. The van der Waals surface area contributed by atoms with E-state index in [4.69, 9.17) is 4.74 Å². The minimum Gasteiger partial charge on any atom is -0.497 e. The van der Waals surface area contributed by atoms with Gasteiger partial charge in [-0.2, -0.15) is 0 Å². The highest BCUT2D eigenvalue weighted by atomic mass is 16.5. The molecular weight excluding hydrogens is 418 g/mol. The normalized spacial score (nSPS) is 18.9. The number of anilines is 1. The first kappa shape index (κ1) is 23.2. The second-order valence-electron chi connectivity index (χ2n) is 9.89. The third-order valence-electron chi connectivity index (χ3n) is 7.83. The quantitative estimate of drug-likeness (QED) is 0.460. The van der Waals surface area contributed by atoms with E-state index in [-0.39, 0.29) is 0 Å². The monoisotopic (exact) mass is 457 g/mol. The SMILES string of the molecule is CCCN(CCN1CCN(c2cccc3ccccc23)CC1)C1CCc2ccc(OC)cc2C1. The van der Waals surface area contributed by atoms with Crippen LogP contribution in [0.1, 0.15) is 30.9 Å². The van der Waals surface area contributed by atoms with Crippen LogP contribution in [0.4, 0.5) is 5.69 Å². The summed E-state index contributed by atoms with van der Waals surface area (Å²) in [6, 6.07) is 22.8. The fraction of sp³-hybridized carbons (Fsp3) is 0.467. The number of piperazine rings is 1. The third-order valence-corrected chi connectivity index (χ3v) is 7.83. The van der Waals surface area contributed by atoms with Gasteiger partial charge in [0, 0.05) is 56.4 Å². The molecule has 1 atom stereocenters. The predicted molar refractivity (Wildman–Crippen MR) is 143 cm³/mol. The van der Waals surface area contributed by atoms with Crippen LogP contribution in [0.25, 0.3) is 10.8 Å². The molecule has 1 aliphatic heterocycles. The van der Waals surface area contributed by atoms with E-state index in [1.165, 1.54) is 66.5 Å². The van der Waals surface area contributed by atoms with Gasteiger partial charge >= 0.3 is 0 Å². The zero-order valence-electron chi connectivity index (χ0n) is 20.9. The van der Waals surface area contributed by atoms with E-state index >= 15 is 0 Å². The lowest BCUT2D eigenvalue weighted by Crippen LogP contribution is -2.50. The van der Waals surface area contributed by atoms with Crippen LogP contribution in [0.15, 0.2) is 60.7 Å². The van der Waals surface area contributed by atoms with Gasteiger partial charge in [-0.15, -0.1) is 0 Å². The summed E-state index contributed by atoms with van der Waals surface area (Å²) < 4.78 is 5.49. The van der Waals surface area contributed by atoms with E-state index in [9.17, 15) is 0 Å². The Labute approximate surface area is 205 Å². The zero-order valence-corrected chi connectivity index (χ0v) is 20.9. The van der Waals surface area contributed by atoms with Gasteiger partial charge in [0.05, 0.1) is 7.11 Å². The highest BCUT2D eigenvalue weighted by Gasteiger charge is 2.25. The number of hydrogen-bond acceptors (Lipinski definition) is 4. The van der Waals surface area contributed by atoms with Crippen molar-refractivity contribution >= 4 is 16.5 Å². The molecule has 0 amide bonds. The molecule has 1 aliphatic carbocycles. The average molecular weight is 458 g/mol. The van der Waals surface area contributed by atoms with Crippen LogP contribution in [0, 0.1) is 0 Å². The lowest BCUT2D eigenvalue weighted by atomic mass is 9.87. The number of hydrogen-bond donors (Lipinski definition) is 0. The van der Waals surface area contributed by atoms with E-state index < -0.39 is 0 Å². The first-order chi connectivity index (χ1) is 16.7. The molecule has 0 N–H and O–H groups in total. The highest BCUT2D eigenvalue weighted by molar-refractivity contribution is 5.94. The molecule has 4 heteroatoms. The van der Waals surface area contributed by atoms with Crippen molar-refractivity contribution in [2.24, 2.45) is 0 Å². The van der Waals surface area contributed by atoms with Crippen molar-refractivity contribution < 1.29 is 4.74 Å². The molecule has 1 unspecified atom stereocenters. The molecule has 2 aliphatic rings. The Morgan fingerprint density at radius 2 is 1.74 bits per heavy atom. The lowest BCUT2D eigenvalue weighted by Gasteiger charge is -2.39. The van der Waals surface area contributed by atoms with Crippen molar-refractivity contribution in [2.45, 2.75) is 38.6 Å². The number of methoxy groups -OCH3 is 1. The Balaban J connectivity index is 1.17. The maximum Gasteiger partial charge on any atom is 0.119 e. The molecule has 0 saturated carbocycles. The molecule has 3 aromatic rings. The Morgan fingerprint density at radius 3 is 2.56 bits per heavy atom. The van der Waals surface area contributed by atoms with Gasteiger partial charge in [-0.25, -0.2) is 0 Å². The molecule has 3 aromatic carbocycles. The summed E-state index contributed by atoms with van der Waals surface area (Å²) in [7, 11) is 1.77. The molecule has 0 aromatic heterocycles. The molecular formula is C30H39N3O. The van der Waals surface area contributed by atoms with Crippen molar-refractivity contribution in [2.75, 3.05) is 57.8 Å². The van der Waals surface area contributed by atoms with Crippen LogP contribution >= 0.6 is 0 Å². The van der Waals surface area contributed by atoms with Crippen molar-refractivity contribution in [3.63, 3.8) is 0 Å². The van der Waals surface area contributed by atoms with E-state index in [2.05, 4.69) is 82.3 Å². The fourth-order valence-electron chi connectivity index (χ4n) is 5.88. The summed E-state index contributed by atoms with van der Waals surface area (Å²) >= 11 is 0. The predicted octanol–water partition coefficient (Wildman–Crippen LogP) is 5.24. The van der Waals surface area contributed by atoms with Crippen molar-refractivity contribution in [3.05, 3.63) is 71.8 Å². The van der Waals surface area contributed by atoms with Crippen LogP contribution in [0.5, 0.6) is 5.75 Å². The smallest absolute Gasteiger partial charge is 0.119 e. The van der Waals surface area contributed by atoms with Gasteiger partial charge in [0.2, 0.25) is 0 Å². The largest absolute Gasteiger partial charge is 0.497 e. The Morgan fingerprint density at radius 1 is 0.912 bits per heavy atom. The first-order valence-electron chi connectivity index (χ1n) is 13.1. The lowest BCUT2D eigenvalue weighted by molar-refractivity contribution is 0.145. The average Bonchev–Trinajstić information content (AvgIpc) is 2.90. The molecule has 0 spiro atoms. The molecule has 1 heterocycles. The van der Waals surface area contributed by atoms with Gasteiger partial charge in [0.1, 0.15) is 5.75 Å². The Kier molecular flexibility index (Phi) is 7.36. The molecule has 5 rings (SSSR count). The van der Waals surface area contributed by atoms with E-state index in [1.807, 2.05) is 0 Å². The zero-order chi connectivity index (χ0) is 23.3. The number of benzene rings is 3. The van der Waals surface area contributed by atoms with Crippen molar-refractivity contribution in [3.8, 4) is 5.75 Å². The fourth-order valence-corrected chi connectivity index (χ4v) is 5.88.